The molecule has 4 heteroatoms. The van der Waals surface area contributed by atoms with E-state index in [0.717, 1.165) is 18.5 Å². The number of rotatable bonds is 4. The fraction of sp³-hybridized carbons (Fsp3) is 0.588. The van der Waals surface area contributed by atoms with E-state index < -0.39 is 0 Å². The summed E-state index contributed by atoms with van der Waals surface area (Å²) in [6, 6.07) is 8.23. The molecule has 1 amide bonds. The smallest absolute Gasteiger partial charge is 0.224 e. The highest BCUT2D eigenvalue weighted by atomic mass is 35.5. The summed E-state index contributed by atoms with van der Waals surface area (Å²) < 4.78 is 0. The highest BCUT2D eigenvalue weighted by molar-refractivity contribution is 5.91. The van der Waals surface area contributed by atoms with Gasteiger partial charge in [0, 0.05) is 18.2 Å². The van der Waals surface area contributed by atoms with Gasteiger partial charge in [-0.25, -0.2) is 0 Å². The van der Waals surface area contributed by atoms with Crippen molar-refractivity contribution in [3.63, 3.8) is 0 Å². The first-order valence-electron chi connectivity index (χ1n) is 7.72. The molecule has 0 heterocycles. The predicted molar refractivity (Wildman–Crippen MR) is 91.0 cm³/mol. The van der Waals surface area contributed by atoms with Gasteiger partial charge >= 0.3 is 0 Å². The van der Waals surface area contributed by atoms with Crippen molar-refractivity contribution in [1.82, 2.24) is 0 Å². The van der Waals surface area contributed by atoms with Crippen molar-refractivity contribution >= 4 is 24.0 Å². The monoisotopic (exact) mass is 310 g/mol. The van der Waals surface area contributed by atoms with Crippen LogP contribution in [0.2, 0.25) is 0 Å². The van der Waals surface area contributed by atoms with Crippen molar-refractivity contribution in [2.75, 3.05) is 5.32 Å². The Balaban J connectivity index is 0.00000220. The Bertz CT molecular complexity index is 462. The lowest BCUT2D eigenvalue weighted by Gasteiger charge is -2.28. The van der Waals surface area contributed by atoms with Gasteiger partial charge in [0.15, 0.2) is 0 Å². The summed E-state index contributed by atoms with van der Waals surface area (Å²) in [5, 5.41) is 3.07. The largest absolute Gasteiger partial charge is 0.327 e. The molecule has 1 saturated carbocycles. The lowest BCUT2D eigenvalue weighted by Crippen LogP contribution is -2.35. The van der Waals surface area contributed by atoms with Crippen LogP contribution in [0.3, 0.4) is 0 Å². The summed E-state index contributed by atoms with van der Waals surface area (Å²) in [4.78, 5) is 12.2. The molecule has 118 valence electrons. The van der Waals surface area contributed by atoms with Gasteiger partial charge in [0.1, 0.15) is 0 Å². The zero-order valence-corrected chi connectivity index (χ0v) is 13.8. The Labute approximate surface area is 134 Å². The number of amides is 1. The molecular formula is C17H27ClN2O. The molecule has 0 aliphatic heterocycles. The number of hydrogen-bond donors (Lipinski definition) is 2. The van der Waals surface area contributed by atoms with E-state index in [2.05, 4.69) is 25.2 Å². The van der Waals surface area contributed by atoms with Crippen LogP contribution in [-0.4, -0.2) is 11.9 Å². The molecular weight excluding hydrogens is 284 g/mol. The molecule has 0 saturated heterocycles. The summed E-state index contributed by atoms with van der Waals surface area (Å²) in [5.41, 5.74) is 8.25. The fourth-order valence-corrected chi connectivity index (χ4v) is 3.04. The third-order valence-electron chi connectivity index (χ3n) is 4.27. The van der Waals surface area contributed by atoms with E-state index in [0.29, 0.717) is 18.3 Å². The number of nitrogens with two attached hydrogens (primary N) is 1. The van der Waals surface area contributed by atoms with Gasteiger partial charge < -0.3 is 11.1 Å². The van der Waals surface area contributed by atoms with E-state index in [1.165, 1.54) is 18.4 Å². The first kappa shape index (κ1) is 18.0. The Morgan fingerprint density at radius 3 is 2.62 bits per heavy atom. The van der Waals surface area contributed by atoms with Gasteiger partial charge in [-0.05, 0) is 36.3 Å². The zero-order valence-electron chi connectivity index (χ0n) is 13.0. The van der Waals surface area contributed by atoms with Gasteiger partial charge in [0.05, 0.1) is 0 Å². The van der Waals surface area contributed by atoms with E-state index in [4.69, 9.17) is 5.73 Å². The molecule has 1 aromatic rings. The summed E-state index contributed by atoms with van der Waals surface area (Å²) in [7, 11) is 0. The van der Waals surface area contributed by atoms with Crippen LogP contribution < -0.4 is 11.1 Å². The second kappa shape index (κ2) is 8.40. The third-order valence-corrected chi connectivity index (χ3v) is 4.27. The molecule has 2 atom stereocenters. The molecule has 1 aliphatic rings. The fourth-order valence-electron chi connectivity index (χ4n) is 3.04. The van der Waals surface area contributed by atoms with Crippen LogP contribution in [-0.2, 0) is 4.79 Å². The molecule has 3 N–H and O–H groups in total. The van der Waals surface area contributed by atoms with Crippen molar-refractivity contribution < 1.29 is 4.79 Å². The zero-order chi connectivity index (χ0) is 14.5. The second-order valence-electron chi connectivity index (χ2n) is 6.20. The summed E-state index contributed by atoms with van der Waals surface area (Å²) in [5.74, 6) is 0.846. The number of anilines is 1. The minimum atomic E-state index is 0. The lowest BCUT2D eigenvalue weighted by atomic mass is 9.83. The average Bonchev–Trinajstić information content (AvgIpc) is 2.41. The Kier molecular flexibility index (Phi) is 7.20. The topological polar surface area (TPSA) is 55.1 Å². The SMILES string of the molecule is CC(C)c1ccccc1NC(=O)CC1CCCCC1N.Cl. The number of para-hydroxylation sites is 1. The first-order valence-corrected chi connectivity index (χ1v) is 7.72. The van der Waals surface area contributed by atoms with Crippen LogP contribution in [0, 0.1) is 5.92 Å². The Hall–Kier alpha value is -1.06. The van der Waals surface area contributed by atoms with Crippen molar-refractivity contribution in [2.24, 2.45) is 11.7 Å². The van der Waals surface area contributed by atoms with Crippen molar-refractivity contribution in [2.45, 2.75) is 57.9 Å². The maximum absolute atomic E-state index is 12.2. The number of nitrogens with one attached hydrogen (secondary N) is 1. The van der Waals surface area contributed by atoms with Crippen LogP contribution in [0.15, 0.2) is 24.3 Å². The molecule has 1 fully saturated rings. The van der Waals surface area contributed by atoms with E-state index in [9.17, 15) is 4.79 Å². The minimum absolute atomic E-state index is 0. The number of carbonyl (C=O) groups excluding carboxylic acids is 1. The van der Waals surface area contributed by atoms with Crippen LogP contribution in [0.4, 0.5) is 5.69 Å². The molecule has 0 aromatic heterocycles. The number of halogens is 1. The van der Waals surface area contributed by atoms with Gasteiger partial charge in [0.2, 0.25) is 5.91 Å². The molecule has 2 rings (SSSR count). The maximum atomic E-state index is 12.2. The summed E-state index contributed by atoms with van der Waals surface area (Å²) >= 11 is 0. The quantitative estimate of drug-likeness (QED) is 0.880. The van der Waals surface area contributed by atoms with E-state index in [1.54, 1.807) is 0 Å². The molecule has 21 heavy (non-hydrogen) atoms. The predicted octanol–water partition coefficient (Wildman–Crippen LogP) is 4.08. The molecule has 2 unspecified atom stereocenters. The maximum Gasteiger partial charge on any atom is 0.224 e. The van der Waals surface area contributed by atoms with E-state index in [-0.39, 0.29) is 24.4 Å². The van der Waals surface area contributed by atoms with Crippen LogP contribution in [0.1, 0.15) is 57.4 Å². The van der Waals surface area contributed by atoms with Gasteiger partial charge in [-0.3, -0.25) is 4.79 Å². The molecule has 0 spiro atoms. The first-order chi connectivity index (χ1) is 9.58. The number of hydrogen-bond acceptors (Lipinski definition) is 2. The van der Waals surface area contributed by atoms with E-state index in [1.807, 2.05) is 18.2 Å². The minimum Gasteiger partial charge on any atom is -0.327 e. The van der Waals surface area contributed by atoms with Gasteiger partial charge in [-0.2, -0.15) is 0 Å². The van der Waals surface area contributed by atoms with Crippen molar-refractivity contribution in [3.05, 3.63) is 29.8 Å². The molecule has 1 aromatic carbocycles. The van der Waals surface area contributed by atoms with E-state index >= 15 is 0 Å². The van der Waals surface area contributed by atoms with Crippen LogP contribution in [0.5, 0.6) is 0 Å². The van der Waals surface area contributed by atoms with Gasteiger partial charge in [-0.15, -0.1) is 12.4 Å². The molecule has 3 nitrogen and oxygen atoms in total. The summed E-state index contributed by atoms with van der Waals surface area (Å²) in [6.07, 6.45) is 5.10. The van der Waals surface area contributed by atoms with Crippen molar-refractivity contribution in [1.29, 1.82) is 0 Å². The van der Waals surface area contributed by atoms with Gasteiger partial charge in [0.25, 0.3) is 0 Å². The van der Waals surface area contributed by atoms with Gasteiger partial charge in [-0.1, -0.05) is 44.9 Å². The molecule has 0 radical (unpaired) electrons. The number of benzene rings is 1. The Morgan fingerprint density at radius 1 is 1.29 bits per heavy atom. The van der Waals surface area contributed by atoms with Crippen LogP contribution >= 0.6 is 12.4 Å². The lowest BCUT2D eigenvalue weighted by molar-refractivity contribution is -0.117. The standard InChI is InChI=1S/C17H26N2O.ClH/c1-12(2)14-8-4-6-10-16(14)19-17(20)11-13-7-3-5-9-15(13)18;/h4,6,8,10,12-13,15H,3,5,7,9,11,18H2,1-2H3,(H,19,20);1H. The molecule has 1 aliphatic carbocycles. The molecule has 0 bridgehead atoms. The number of carbonyl (C=O) groups is 1. The Morgan fingerprint density at radius 2 is 1.95 bits per heavy atom. The summed E-state index contributed by atoms with van der Waals surface area (Å²) in [6.45, 7) is 4.28. The highest BCUT2D eigenvalue weighted by Gasteiger charge is 2.24. The van der Waals surface area contributed by atoms with Crippen molar-refractivity contribution in [3.8, 4) is 0 Å². The second-order valence-corrected chi connectivity index (χ2v) is 6.20. The van der Waals surface area contributed by atoms with Crippen LogP contribution in [0.25, 0.3) is 0 Å². The normalized spacial score (nSPS) is 21.7. The average molecular weight is 311 g/mol. The highest BCUT2D eigenvalue weighted by Crippen LogP contribution is 2.27. The third kappa shape index (κ3) is 5.01.